The number of amides is 2. The second kappa shape index (κ2) is 12.9. The molecule has 2 amide bonds. The molecular formula is C28H37BrN2O3. The molecule has 5 nitrogen and oxygen atoms in total. The number of ether oxygens (including phenoxy) is 1. The molecule has 1 atom stereocenters. The highest BCUT2D eigenvalue weighted by atomic mass is 79.9. The van der Waals surface area contributed by atoms with Crippen molar-refractivity contribution < 1.29 is 14.3 Å². The Morgan fingerprint density at radius 1 is 1.09 bits per heavy atom. The van der Waals surface area contributed by atoms with E-state index in [1.807, 2.05) is 51.1 Å². The average Bonchev–Trinajstić information content (AvgIpc) is 2.84. The van der Waals surface area contributed by atoms with Crippen molar-refractivity contribution in [3.8, 4) is 5.75 Å². The summed E-state index contributed by atoms with van der Waals surface area (Å²) in [6, 6.07) is 13.6. The van der Waals surface area contributed by atoms with Crippen LogP contribution in [0.4, 0.5) is 0 Å². The van der Waals surface area contributed by atoms with Crippen LogP contribution in [0, 0.1) is 13.8 Å². The van der Waals surface area contributed by atoms with Crippen molar-refractivity contribution in [2.45, 2.75) is 77.8 Å². The summed E-state index contributed by atoms with van der Waals surface area (Å²) < 4.78 is 6.94. The zero-order chi connectivity index (χ0) is 24.5. The molecule has 0 radical (unpaired) electrons. The van der Waals surface area contributed by atoms with Crippen LogP contribution in [0.3, 0.4) is 0 Å². The van der Waals surface area contributed by atoms with Crippen molar-refractivity contribution in [2.24, 2.45) is 0 Å². The van der Waals surface area contributed by atoms with Crippen LogP contribution in [0.2, 0.25) is 0 Å². The summed E-state index contributed by atoms with van der Waals surface area (Å²) in [6.07, 6.45) is 6.83. The summed E-state index contributed by atoms with van der Waals surface area (Å²) in [4.78, 5) is 28.3. The van der Waals surface area contributed by atoms with Crippen molar-refractivity contribution in [1.29, 1.82) is 0 Å². The molecule has 0 heterocycles. The average molecular weight is 530 g/mol. The van der Waals surface area contributed by atoms with Crippen LogP contribution in [-0.2, 0) is 16.0 Å². The number of aryl methyl sites for hydroxylation is 2. The molecule has 34 heavy (non-hydrogen) atoms. The van der Waals surface area contributed by atoms with Gasteiger partial charge in [-0.15, -0.1) is 0 Å². The van der Waals surface area contributed by atoms with Gasteiger partial charge < -0.3 is 15.0 Å². The molecule has 1 N–H and O–H groups in total. The number of carbonyl (C=O) groups excluding carboxylic acids is 2. The number of halogens is 1. The van der Waals surface area contributed by atoms with Gasteiger partial charge in [0, 0.05) is 17.1 Å². The second-order valence-corrected chi connectivity index (χ2v) is 10.0. The van der Waals surface area contributed by atoms with Gasteiger partial charge in [-0.3, -0.25) is 9.59 Å². The lowest BCUT2D eigenvalue weighted by Gasteiger charge is -2.32. The Labute approximate surface area is 212 Å². The minimum absolute atomic E-state index is 0.0499. The molecule has 0 unspecified atom stereocenters. The fourth-order valence-electron chi connectivity index (χ4n) is 4.66. The molecule has 0 aromatic heterocycles. The third-order valence-corrected chi connectivity index (χ3v) is 7.84. The fourth-order valence-corrected chi connectivity index (χ4v) is 4.89. The van der Waals surface area contributed by atoms with Gasteiger partial charge in [0.15, 0.2) is 6.61 Å². The molecule has 0 spiro atoms. The number of nitrogens with zero attached hydrogens (tertiary/aromatic N) is 1. The standard InChI is InChI=1S/C28H37BrN2O3/c1-4-25(28(33)30-23-13-9-6-10-14-23)31(16-15-22-11-7-5-8-12-22)26(32)19-34-24-17-20(2)27(29)21(3)18-24/h5,7-8,11-12,17-18,23,25H,4,6,9-10,13-16,19H2,1-3H3,(H,30,33)/t25-/m0/s1. The molecule has 0 bridgehead atoms. The number of carbonyl (C=O) groups is 2. The van der Waals surface area contributed by atoms with Gasteiger partial charge in [-0.1, -0.05) is 72.4 Å². The first-order valence-corrected chi connectivity index (χ1v) is 13.2. The largest absolute Gasteiger partial charge is 0.484 e. The van der Waals surface area contributed by atoms with E-state index in [0.29, 0.717) is 25.1 Å². The highest BCUT2D eigenvalue weighted by molar-refractivity contribution is 9.10. The van der Waals surface area contributed by atoms with Crippen LogP contribution in [0.1, 0.15) is 62.1 Å². The van der Waals surface area contributed by atoms with Crippen molar-refractivity contribution in [2.75, 3.05) is 13.2 Å². The van der Waals surface area contributed by atoms with Gasteiger partial charge in [0.2, 0.25) is 5.91 Å². The molecule has 0 saturated heterocycles. The second-order valence-electron chi connectivity index (χ2n) is 9.25. The minimum atomic E-state index is -0.505. The number of hydrogen-bond acceptors (Lipinski definition) is 3. The maximum absolute atomic E-state index is 13.4. The minimum Gasteiger partial charge on any atom is -0.484 e. The topological polar surface area (TPSA) is 58.6 Å². The number of rotatable bonds is 10. The van der Waals surface area contributed by atoms with Gasteiger partial charge in [0.1, 0.15) is 11.8 Å². The zero-order valence-electron chi connectivity index (χ0n) is 20.6. The summed E-state index contributed by atoms with van der Waals surface area (Å²) in [7, 11) is 0. The SMILES string of the molecule is CC[C@@H](C(=O)NC1CCCCC1)N(CCc1ccccc1)C(=O)COc1cc(C)c(Br)c(C)c1. The van der Waals surface area contributed by atoms with Crippen LogP contribution >= 0.6 is 15.9 Å². The lowest BCUT2D eigenvalue weighted by atomic mass is 9.95. The summed E-state index contributed by atoms with van der Waals surface area (Å²) in [5.41, 5.74) is 3.26. The van der Waals surface area contributed by atoms with E-state index in [0.717, 1.165) is 46.8 Å². The molecule has 1 saturated carbocycles. The smallest absolute Gasteiger partial charge is 0.261 e. The maximum atomic E-state index is 13.4. The van der Waals surface area contributed by atoms with Crippen molar-refractivity contribution >= 4 is 27.7 Å². The molecular weight excluding hydrogens is 492 g/mol. The fraction of sp³-hybridized carbons (Fsp3) is 0.500. The van der Waals surface area contributed by atoms with Crippen molar-refractivity contribution in [3.63, 3.8) is 0 Å². The molecule has 1 aliphatic carbocycles. The van der Waals surface area contributed by atoms with Crippen LogP contribution in [-0.4, -0.2) is 41.9 Å². The quantitative estimate of drug-likeness (QED) is 0.427. The summed E-state index contributed by atoms with van der Waals surface area (Å²) in [5, 5.41) is 3.22. The van der Waals surface area contributed by atoms with E-state index in [9.17, 15) is 9.59 Å². The van der Waals surface area contributed by atoms with Crippen LogP contribution in [0.15, 0.2) is 46.9 Å². The summed E-state index contributed by atoms with van der Waals surface area (Å²) in [6.45, 7) is 6.35. The Hall–Kier alpha value is -2.34. The van der Waals surface area contributed by atoms with E-state index < -0.39 is 6.04 Å². The van der Waals surface area contributed by atoms with E-state index in [-0.39, 0.29) is 24.5 Å². The van der Waals surface area contributed by atoms with Crippen LogP contribution in [0.25, 0.3) is 0 Å². The Balaban J connectivity index is 1.72. The van der Waals surface area contributed by atoms with E-state index in [1.165, 1.54) is 6.42 Å². The molecule has 1 aliphatic rings. The van der Waals surface area contributed by atoms with E-state index in [1.54, 1.807) is 4.90 Å². The predicted octanol–water partition coefficient (Wildman–Crippen LogP) is 5.74. The third-order valence-electron chi connectivity index (χ3n) is 6.59. The normalized spacial score (nSPS) is 14.9. The molecule has 0 aliphatic heterocycles. The first-order valence-electron chi connectivity index (χ1n) is 12.4. The first kappa shape index (κ1) is 26.3. The van der Waals surface area contributed by atoms with Gasteiger partial charge in [-0.2, -0.15) is 0 Å². The monoisotopic (exact) mass is 528 g/mol. The van der Waals surface area contributed by atoms with E-state index >= 15 is 0 Å². The van der Waals surface area contributed by atoms with Crippen molar-refractivity contribution in [3.05, 3.63) is 63.6 Å². The van der Waals surface area contributed by atoms with Gasteiger partial charge in [-0.05, 0) is 68.4 Å². The molecule has 6 heteroatoms. The van der Waals surface area contributed by atoms with Crippen molar-refractivity contribution in [1.82, 2.24) is 10.2 Å². The van der Waals surface area contributed by atoms with Crippen LogP contribution in [0.5, 0.6) is 5.75 Å². The molecule has 184 valence electrons. The first-order chi connectivity index (χ1) is 16.4. The number of nitrogens with one attached hydrogen (secondary N) is 1. The van der Waals surface area contributed by atoms with Gasteiger partial charge in [0.05, 0.1) is 0 Å². The van der Waals surface area contributed by atoms with Gasteiger partial charge >= 0.3 is 0 Å². The maximum Gasteiger partial charge on any atom is 0.261 e. The van der Waals surface area contributed by atoms with Gasteiger partial charge in [-0.25, -0.2) is 0 Å². The van der Waals surface area contributed by atoms with Crippen LogP contribution < -0.4 is 10.1 Å². The summed E-state index contributed by atoms with van der Waals surface area (Å²) in [5.74, 6) is 0.445. The molecule has 3 rings (SSSR count). The highest BCUT2D eigenvalue weighted by Gasteiger charge is 2.30. The molecule has 2 aromatic carbocycles. The summed E-state index contributed by atoms with van der Waals surface area (Å²) >= 11 is 3.57. The Morgan fingerprint density at radius 2 is 1.74 bits per heavy atom. The Kier molecular flexibility index (Phi) is 10.00. The van der Waals surface area contributed by atoms with Gasteiger partial charge in [0.25, 0.3) is 5.91 Å². The lowest BCUT2D eigenvalue weighted by molar-refractivity contribution is -0.142. The van der Waals surface area contributed by atoms with E-state index in [4.69, 9.17) is 4.74 Å². The number of benzene rings is 2. The number of hydrogen-bond donors (Lipinski definition) is 1. The molecule has 2 aromatic rings. The third kappa shape index (κ3) is 7.33. The Morgan fingerprint density at radius 3 is 2.35 bits per heavy atom. The van der Waals surface area contributed by atoms with E-state index in [2.05, 4.69) is 33.4 Å². The molecule has 1 fully saturated rings. The Bertz CT molecular complexity index is 934. The lowest BCUT2D eigenvalue weighted by Crippen LogP contribution is -2.53. The zero-order valence-corrected chi connectivity index (χ0v) is 22.2. The predicted molar refractivity (Wildman–Crippen MR) is 140 cm³/mol. The highest BCUT2D eigenvalue weighted by Crippen LogP contribution is 2.26.